The molecular weight excluding hydrogens is 185 g/mol. The van der Waals surface area contributed by atoms with E-state index in [9.17, 15) is 5.11 Å². The Balaban J connectivity index is 2.82. The summed E-state index contributed by atoms with van der Waals surface area (Å²) in [6, 6.07) is -1.29. The van der Waals surface area contributed by atoms with Crippen LogP contribution in [0, 0.1) is 5.92 Å². The molecule has 0 aliphatic carbocycles. The van der Waals surface area contributed by atoms with Crippen LogP contribution in [0.4, 0.5) is 0 Å². The smallest absolute Gasteiger partial charge is 0.109 e. The average Bonchev–Trinajstić information content (AvgIpc) is 2.18. The molecule has 0 bridgehead atoms. The minimum absolute atomic E-state index is 0.274. The normalized spacial score (nSPS) is 42.9. The third-order valence-corrected chi connectivity index (χ3v) is 2.48. The van der Waals surface area contributed by atoms with Gasteiger partial charge in [-0.2, -0.15) is 0 Å². The number of aliphatic hydroxyl groups is 2. The number of ether oxygens (including phenoxy) is 1. The van der Waals surface area contributed by atoms with E-state index < -0.39 is 24.3 Å². The summed E-state index contributed by atoms with van der Waals surface area (Å²) >= 11 is 0. The predicted octanol–water partition coefficient (Wildman–Crippen LogP) is -0.452. The molecule has 1 aliphatic heterocycles. The van der Waals surface area contributed by atoms with Gasteiger partial charge in [0.15, 0.2) is 0 Å². The van der Waals surface area contributed by atoms with Crippen molar-refractivity contribution in [1.82, 2.24) is 0 Å². The number of hydrogen-bond donors (Lipinski definition) is 2. The molecule has 14 heavy (non-hydrogen) atoms. The van der Waals surface area contributed by atoms with Crippen LogP contribution in [0.1, 0.15) is 6.92 Å². The first kappa shape index (κ1) is 11.3. The van der Waals surface area contributed by atoms with Crippen molar-refractivity contribution in [2.75, 3.05) is 6.61 Å². The van der Waals surface area contributed by atoms with E-state index in [1.807, 2.05) is 0 Å². The number of nitrogens with zero attached hydrogens (tertiary/aromatic N) is 3. The van der Waals surface area contributed by atoms with Crippen LogP contribution in [0.2, 0.25) is 0 Å². The van der Waals surface area contributed by atoms with Gasteiger partial charge in [-0.1, -0.05) is 12.0 Å². The Bertz CT molecular complexity index is 246. The maximum atomic E-state index is 9.64. The van der Waals surface area contributed by atoms with Crippen molar-refractivity contribution in [3.63, 3.8) is 0 Å². The van der Waals surface area contributed by atoms with Crippen molar-refractivity contribution in [3.05, 3.63) is 10.4 Å². The van der Waals surface area contributed by atoms with Crippen LogP contribution < -0.4 is 0 Å². The molecule has 0 spiro atoms. The monoisotopic (exact) mass is 197 g/mol. The Morgan fingerprint density at radius 3 is 2.79 bits per heavy atom. The van der Waals surface area contributed by atoms with E-state index in [1.165, 1.54) is 0 Å². The van der Waals surface area contributed by atoms with Gasteiger partial charge in [-0.05, 0) is 11.4 Å². The lowest BCUT2D eigenvalue weighted by Gasteiger charge is -2.40. The topological polar surface area (TPSA) is 98.5 Å². The average molecular weight is 197 g/mol. The quantitative estimate of drug-likeness (QED) is 0.271. The molecule has 1 heterocycles. The predicted molar refractivity (Wildman–Crippen MR) is 49.6 cm³/mol. The molecule has 5 atom stereocenters. The van der Waals surface area contributed by atoms with Gasteiger partial charge in [0.1, 0.15) is 14.0 Å². The van der Waals surface area contributed by atoms with E-state index in [1.54, 1.807) is 6.92 Å². The lowest BCUT2D eigenvalue weighted by atomic mass is 9.78. The van der Waals surface area contributed by atoms with Gasteiger partial charge in [0.2, 0.25) is 0 Å². The summed E-state index contributed by atoms with van der Waals surface area (Å²) in [6.45, 7) is 1.37. The molecule has 0 aromatic carbocycles. The highest BCUT2D eigenvalue weighted by atomic mass is 16.5. The Morgan fingerprint density at radius 2 is 2.29 bits per heavy atom. The van der Waals surface area contributed by atoms with E-state index in [4.69, 9.17) is 23.2 Å². The van der Waals surface area contributed by atoms with Gasteiger partial charge in [-0.3, -0.25) is 0 Å². The van der Waals surface area contributed by atoms with E-state index in [0.29, 0.717) is 0 Å². The van der Waals surface area contributed by atoms with Gasteiger partial charge in [0.25, 0.3) is 0 Å². The summed E-state index contributed by atoms with van der Waals surface area (Å²) in [5, 5.41) is 22.0. The third kappa shape index (κ3) is 2.01. The van der Waals surface area contributed by atoms with Crippen LogP contribution in [0.3, 0.4) is 0 Å². The molecule has 76 valence electrons. The Hall–Kier alpha value is -0.745. The highest BCUT2D eigenvalue weighted by Gasteiger charge is 2.39. The molecule has 1 saturated heterocycles. The van der Waals surface area contributed by atoms with Gasteiger partial charge in [-0.25, -0.2) is 0 Å². The molecular formula is C7H12BN3O3. The molecule has 0 aromatic heterocycles. The first-order valence-corrected chi connectivity index (χ1v) is 4.36. The molecule has 7 heteroatoms. The number of hydrogen-bond acceptors (Lipinski definition) is 4. The summed E-state index contributed by atoms with van der Waals surface area (Å²) in [6.07, 6.45) is -1.79. The second-order valence-electron chi connectivity index (χ2n) is 3.37. The first-order valence-electron chi connectivity index (χ1n) is 4.36. The zero-order valence-electron chi connectivity index (χ0n) is 7.82. The van der Waals surface area contributed by atoms with Crippen molar-refractivity contribution in [1.29, 1.82) is 0 Å². The molecule has 6 nitrogen and oxygen atoms in total. The second kappa shape index (κ2) is 4.66. The fourth-order valence-electron chi connectivity index (χ4n) is 1.52. The SMILES string of the molecule is [B]C1OC(CO)[C@@H](O)C(N=[N+]=[N-])C1C. The Labute approximate surface area is 82.9 Å². The number of aliphatic hydroxyl groups excluding tert-OH is 2. The van der Waals surface area contributed by atoms with Gasteiger partial charge in [0.05, 0.1) is 18.8 Å². The van der Waals surface area contributed by atoms with Crippen LogP contribution in [0.25, 0.3) is 10.4 Å². The van der Waals surface area contributed by atoms with Gasteiger partial charge in [-0.15, -0.1) is 0 Å². The zero-order valence-corrected chi connectivity index (χ0v) is 7.82. The summed E-state index contributed by atoms with van der Waals surface area (Å²) in [5.41, 5.74) is 8.30. The summed E-state index contributed by atoms with van der Waals surface area (Å²) < 4.78 is 5.13. The molecule has 4 unspecified atom stereocenters. The van der Waals surface area contributed by atoms with Gasteiger partial charge < -0.3 is 14.9 Å². The lowest BCUT2D eigenvalue weighted by Crippen LogP contribution is -2.54. The van der Waals surface area contributed by atoms with Crippen LogP contribution in [-0.2, 0) is 4.74 Å². The van der Waals surface area contributed by atoms with Crippen molar-refractivity contribution in [2.24, 2.45) is 11.0 Å². The third-order valence-electron chi connectivity index (χ3n) is 2.48. The fourth-order valence-corrected chi connectivity index (χ4v) is 1.52. The van der Waals surface area contributed by atoms with Gasteiger partial charge >= 0.3 is 0 Å². The van der Waals surface area contributed by atoms with Gasteiger partial charge in [0, 0.05) is 10.9 Å². The maximum absolute atomic E-state index is 9.64. The van der Waals surface area contributed by atoms with Crippen LogP contribution in [-0.4, -0.2) is 48.9 Å². The second-order valence-corrected chi connectivity index (χ2v) is 3.37. The van der Waals surface area contributed by atoms with Crippen molar-refractivity contribution in [2.45, 2.75) is 31.2 Å². The molecule has 1 fully saturated rings. The largest absolute Gasteiger partial charge is 0.394 e. The van der Waals surface area contributed by atoms with Crippen molar-refractivity contribution >= 4 is 7.85 Å². The van der Waals surface area contributed by atoms with Crippen molar-refractivity contribution < 1.29 is 14.9 Å². The number of azide groups is 1. The molecule has 2 N–H and O–H groups in total. The molecule has 1 aliphatic rings. The highest BCUT2D eigenvalue weighted by molar-refractivity contribution is 6.11. The lowest BCUT2D eigenvalue weighted by molar-refractivity contribution is -0.138. The van der Waals surface area contributed by atoms with E-state index in [2.05, 4.69) is 10.0 Å². The maximum Gasteiger partial charge on any atom is 0.109 e. The Kier molecular flexibility index (Phi) is 3.77. The van der Waals surface area contributed by atoms with E-state index in [-0.39, 0.29) is 12.5 Å². The van der Waals surface area contributed by atoms with Crippen LogP contribution >= 0.6 is 0 Å². The van der Waals surface area contributed by atoms with Crippen LogP contribution in [0.5, 0.6) is 0 Å². The summed E-state index contributed by atoms with van der Waals surface area (Å²) in [5.74, 6) is -0.274. The summed E-state index contributed by atoms with van der Waals surface area (Å²) in [4.78, 5) is 2.64. The molecule has 0 saturated carbocycles. The minimum atomic E-state index is -1.01. The minimum Gasteiger partial charge on any atom is -0.394 e. The Morgan fingerprint density at radius 1 is 1.64 bits per heavy atom. The first-order chi connectivity index (χ1) is 6.61. The summed E-state index contributed by atoms with van der Waals surface area (Å²) in [7, 11) is 5.60. The molecule has 0 aromatic rings. The van der Waals surface area contributed by atoms with Crippen LogP contribution in [0.15, 0.2) is 5.11 Å². The molecule has 0 amide bonds. The molecule has 2 radical (unpaired) electrons. The standard InChI is InChI=1S/C7H12BN3O3/c1-3-5(10-11-9)6(13)4(2-12)14-7(3)8/h3-7,12-13H,2H2,1H3/t3?,4?,5?,6-,7?/m1/s1. The molecule has 1 rings (SSSR count). The number of rotatable bonds is 2. The van der Waals surface area contributed by atoms with Crippen molar-refractivity contribution in [3.8, 4) is 0 Å². The van der Waals surface area contributed by atoms with E-state index >= 15 is 0 Å². The zero-order chi connectivity index (χ0) is 10.7. The highest BCUT2D eigenvalue weighted by Crippen LogP contribution is 2.26. The van der Waals surface area contributed by atoms with E-state index in [0.717, 1.165) is 0 Å². The fraction of sp³-hybridized carbons (Fsp3) is 1.00.